The lowest BCUT2D eigenvalue weighted by molar-refractivity contribution is 0.0730. The van der Waals surface area contributed by atoms with Gasteiger partial charge in [0.2, 0.25) is 0 Å². The van der Waals surface area contributed by atoms with Crippen LogP contribution in [0.4, 0.5) is 0 Å². The third-order valence-electron chi connectivity index (χ3n) is 4.38. The second-order valence-corrected chi connectivity index (χ2v) is 6.68. The van der Waals surface area contributed by atoms with E-state index in [-0.39, 0.29) is 6.61 Å². The molecule has 4 aromatic carbocycles. The van der Waals surface area contributed by atoms with Crippen molar-refractivity contribution in [1.29, 1.82) is 0 Å². The number of hydrogen-bond donors (Lipinski definition) is 0. The quantitative estimate of drug-likeness (QED) is 0.297. The van der Waals surface area contributed by atoms with Crippen molar-refractivity contribution in [3.05, 3.63) is 107 Å². The first-order chi connectivity index (χ1) is 13.7. The van der Waals surface area contributed by atoms with Crippen LogP contribution >= 0.6 is 11.6 Å². The molecule has 0 fully saturated rings. The first kappa shape index (κ1) is 18.1. The van der Waals surface area contributed by atoms with Gasteiger partial charge in [-0.1, -0.05) is 72.3 Å². The van der Waals surface area contributed by atoms with Gasteiger partial charge in [-0.3, -0.25) is 0 Å². The molecular weight excluding hydrogens is 372 g/mol. The number of benzene rings is 4. The minimum atomic E-state index is -0.468. The van der Waals surface area contributed by atoms with Crippen molar-refractivity contribution in [3.8, 4) is 11.5 Å². The minimum Gasteiger partial charge on any atom is -0.488 e. The molecule has 0 radical (unpaired) electrons. The highest BCUT2D eigenvalue weighted by Gasteiger charge is 2.15. The Kier molecular flexibility index (Phi) is 5.27. The van der Waals surface area contributed by atoms with Crippen molar-refractivity contribution in [2.75, 3.05) is 0 Å². The molecule has 3 nitrogen and oxygen atoms in total. The van der Waals surface area contributed by atoms with E-state index in [1.54, 1.807) is 30.3 Å². The van der Waals surface area contributed by atoms with Crippen LogP contribution in [0.3, 0.4) is 0 Å². The Hall–Kier alpha value is -3.30. The van der Waals surface area contributed by atoms with E-state index in [4.69, 9.17) is 21.1 Å². The summed E-state index contributed by atoms with van der Waals surface area (Å²) in [6.07, 6.45) is 0. The number of para-hydroxylation sites is 1. The second-order valence-electron chi connectivity index (χ2n) is 6.27. The molecule has 0 saturated carbocycles. The summed E-state index contributed by atoms with van der Waals surface area (Å²) in [6, 6.07) is 27.9. The monoisotopic (exact) mass is 388 g/mol. The molecule has 0 bridgehead atoms. The minimum absolute atomic E-state index is 0.264. The van der Waals surface area contributed by atoms with E-state index in [2.05, 4.69) is 0 Å². The van der Waals surface area contributed by atoms with Crippen LogP contribution in [0.25, 0.3) is 10.8 Å². The Bertz CT molecular complexity index is 1140. The normalized spacial score (nSPS) is 10.6. The number of rotatable bonds is 5. The molecule has 0 spiro atoms. The standard InChI is InChI=1S/C24H17ClO3/c25-22-11-5-3-9-19(22)16-27-23-12-6-4-10-21(23)24(26)28-20-14-13-17-7-1-2-8-18(17)15-20/h1-15H,16H2. The van der Waals surface area contributed by atoms with Gasteiger partial charge in [0, 0.05) is 10.6 Å². The molecule has 0 heterocycles. The van der Waals surface area contributed by atoms with E-state index in [1.807, 2.05) is 60.7 Å². The molecule has 0 N–H and O–H groups in total. The van der Waals surface area contributed by atoms with Gasteiger partial charge in [-0.25, -0.2) is 4.79 Å². The molecule has 4 aromatic rings. The molecule has 0 aliphatic rings. The predicted molar refractivity (Wildman–Crippen MR) is 111 cm³/mol. The SMILES string of the molecule is O=C(Oc1ccc2ccccc2c1)c1ccccc1OCc1ccccc1Cl. The summed E-state index contributed by atoms with van der Waals surface area (Å²) in [4.78, 5) is 12.7. The third kappa shape index (κ3) is 4.00. The fourth-order valence-electron chi connectivity index (χ4n) is 2.93. The highest BCUT2D eigenvalue weighted by Crippen LogP contribution is 2.25. The Morgan fingerprint density at radius 1 is 0.786 bits per heavy atom. The van der Waals surface area contributed by atoms with Crippen LogP contribution in [-0.2, 0) is 6.61 Å². The second kappa shape index (κ2) is 8.15. The highest BCUT2D eigenvalue weighted by molar-refractivity contribution is 6.31. The fraction of sp³-hybridized carbons (Fsp3) is 0.0417. The lowest BCUT2D eigenvalue weighted by Gasteiger charge is -2.12. The van der Waals surface area contributed by atoms with Crippen LogP contribution in [0.15, 0.2) is 91.0 Å². The summed E-state index contributed by atoms with van der Waals surface area (Å²) in [5.74, 6) is 0.475. The van der Waals surface area contributed by atoms with E-state index in [0.717, 1.165) is 16.3 Å². The molecule has 0 aliphatic carbocycles. The zero-order chi connectivity index (χ0) is 19.3. The van der Waals surface area contributed by atoms with Crippen molar-refractivity contribution >= 4 is 28.3 Å². The van der Waals surface area contributed by atoms with Crippen LogP contribution in [0.2, 0.25) is 5.02 Å². The third-order valence-corrected chi connectivity index (χ3v) is 4.75. The smallest absolute Gasteiger partial charge is 0.347 e. The molecule has 0 unspecified atom stereocenters. The first-order valence-corrected chi connectivity index (χ1v) is 9.25. The van der Waals surface area contributed by atoms with Crippen molar-refractivity contribution in [2.45, 2.75) is 6.61 Å². The Balaban J connectivity index is 1.53. The summed E-state index contributed by atoms with van der Waals surface area (Å²) in [6.45, 7) is 0.264. The van der Waals surface area contributed by atoms with Crippen molar-refractivity contribution in [3.63, 3.8) is 0 Å². The van der Waals surface area contributed by atoms with Crippen LogP contribution < -0.4 is 9.47 Å². The molecule has 0 atom stereocenters. The van der Waals surface area contributed by atoms with Gasteiger partial charge in [0.25, 0.3) is 0 Å². The van der Waals surface area contributed by atoms with Gasteiger partial charge < -0.3 is 9.47 Å². The Morgan fingerprint density at radius 3 is 2.36 bits per heavy atom. The number of esters is 1. The van der Waals surface area contributed by atoms with Gasteiger partial charge in [-0.05, 0) is 41.1 Å². The van der Waals surface area contributed by atoms with Crippen LogP contribution in [0.5, 0.6) is 11.5 Å². The average molecular weight is 389 g/mol. The number of hydrogen-bond acceptors (Lipinski definition) is 3. The van der Waals surface area contributed by atoms with Gasteiger partial charge in [-0.2, -0.15) is 0 Å². The van der Waals surface area contributed by atoms with Crippen molar-refractivity contribution in [2.24, 2.45) is 0 Å². The Morgan fingerprint density at radius 2 is 1.50 bits per heavy atom. The van der Waals surface area contributed by atoms with E-state index in [0.29, 0.717) is 22.1 Å². The zero-order valence-electron chi connectivity index (χ0n) is 15.0. The van der Waals surface area contributed by atoms with Crippen molar-refractivity contribution in [1.82, 2.24) is 0 Å². The molecule has 138 valence electrons. The van der Waals surface area contributed by atoms with Crippen LogP contribution in [0.1, 0.15) is 15.9 Å². The number of ether oxygens (including phenoxy) is 2. The Labute approximate surface area is 168 Å². The molecule has 4 heteroatoms. The molecule has 0 aliphatic heterocycles. The predicted octanol–water partition coefficient (Wildman–Crippen LogP) is 6.29. The molecule has 0 aromatic heterocycles. The maximum atomic E-state index is 12.7. The summed E-state index contributed by atoms with van der Waals surface area (Å²) in [5.41, 5.74) is 1.21. The summed E-state index contributed by atoms with van der Waals surface area (Å²) < 4.78 is 11.4. The summed E-state index contributed by atoms with van der Waals surface area (Å²) in [5, 5.41) is 2.72. The van der Waals surface area contributed by atoms with Gasteiger partial charge in [-0.15, -0.1) is 0 Å². The van der Waals surface area contributed by atoms with Crippen LogP contribution in [-0.4, -0.2) is 5.97 Å². The summed E-state index contributed by atoms with van der Waals surface area (Å²) >= 11 is 6.18. The molecule has 0 saturated heterocycles. The van der Waals surface area contributed by atoms with Gasteiger partial charge in [0.15, 0.2) is 0 Å². The molecule has 4 rings (SSSR count). The number of halogens is 1. The number of carbonyl (C=O) groups excluding carboxylic acids is 1. The van der Waals surface area contributed by atoms with Gasteiger partial charge in [0.1, 0.15) is 23.7 Å². The molecule has 0 amide bonds. The van der Waals surface area contributed by atoms with Gasteiger partial charge >= 0.3 is 5.97 Å². The number of carbonyl (C=O) groups is 1. The lowest BCUT2D eigenvalue weighted by Crippen LogP contribution is -2.11. The van der Waals surface area contributed by atoms with E-state index >= 15 is 0 Å². The fourth-order valence-corrected chi connectivity index (χ4v) is 3.12. The largest absolute Gasteiger partial charge is 0.488 e. The van der Waals surface area contributed by atoms with Crippen LogP contribution in [0, 0.1) is 0 Å². The van der Waals surface area contributed by atoms with E-state index < -0.39 is 5.97 Å². The van der Waals surface area contributed by atoms with E-state index in [9.17, 15) is 4.79 Å². The zero-order valence-corrected chi connectivity index (χ0v) is 15.7. The maximum Gasteiger partial charge on any atom is 0.347 e. The average Bonchev–Trinajstić information content (AvgIpc) is 2.73. The van der Waals surface area contributed by atoms with E-state index in [1.165, 1.54) is 0 Å². The molecular formula is C24H17ClO3. The maximum absolute atomic E-state index is 12.7. The molecule has 28 heavy (non-hydrogen) atoms. The number of fused-ring (bicyclic) bond motifs is 1. The summed E-state index contributed by atoms with van der Waals surface area (Å²) in [7, 11) is 0. The van der Waals surface area contributed by atoms with Crippen molar-refractivity contribution < 1.29 is 14.3 Å². The highest BCUT2D eigenvalue weighted by atomic mass is 35.5. The topological polar surface area (TPSA) is 35.5 Å². The lowest BCUT2D eigenvalue weighted by atomic mass is 10.1. The first-order valence-electron chi connectivity index (χ1n) is 8.87. The van der Waals surface area contributed by atoms with Gasteiger partial charge in [0.05, 0.1) is 0 Å².